The van der Waals surface area contributed by atoms with Gasteiger partial charge in [0.2, 0.25) is 5.03 Å². The maximum Gasteiger partial charge on any atom is 0.202 e. The number of aryl methyl sites for hydroxylation is 1. The lowest BCUT2D eigenvalue weighted by atomic mass is 10.3. The number of sulfone groups is 1. The number of pyridine rings is 1. The maximum absolute atomic E-state index is 11.7. The first-order valence-corrected chi connectivity index (χ1v) is 6.95. The number of hydrogen-bond acceptors (Lipinski definition) is 6. The van der Waals surface area contributed by atoms with Gasteiger partial charge in [-0.3, -0.25) is 4.84 Å². The Morgan fingerprint density at radius 2 is 2.11 bits per heavy atom. The molecule has 0 aliphatic rings. The molecule has 2 aromatic heterocycles. The summed E-state index contributed by atoms with van der Waals surface area (Å²) in [5, 5.41) is 15.5. The Balaban J connectivity index is 2.90. The summed E-state index contributed by atoms with van der Waals surface area (Å²) in [5.41, 5.74) is 0.990. The maximum atomic E-state index is 11.7. The van der Waals surface area contributed by atoms with Crippen LogP contribution in [0.2, 0.25) is 0 Å². The Hall–Kier alpha value is -1.64. The molecule has 8 heteroatoms. The number of anilines is 1. The summed E-state index contributed by atoms with van der Waals surface area (Å²) in [7, 11) is -2.46. The smallest absolute Gasteiger partial charge is 0.202 e. The highest BCUT2D eigenvalue weighted by Gasteiger charge is 2.23. The molecule has 2 aromatic rings. The number of aromatic nitrogens is 2. The lowest BCUT2D eigenvalue weighted by Gasteiger charge is -2.26. The van der Waals surface area contributed by atoms with E-state index in [1.807, 2.05) is 0 Å². The fourth-order valence-electron chi connectivity index (χ4n) is 1.68. The van der Waals surface area contributed by atoms with E-state index in [-0.39, 0.29) is 15.9 Å². The molecule has 0 amide bonds. The largest absolute Gasteiger partial charge is 0.733 e. The van der Waals surface area contributed by atoms with Gasteiger partial charge in [-0.05, 0) is 19.1 Å². The average molecular weight is 270 g/mol. The molecule has 0 radical (unpaired) electrons. The Kier molecular flexibility index (Phi) is 3.01. The molecule has 2 heterocycles. The molecule has 0 fully saturated rings. The third kappa shape index (κ3) is 1.94. The van der Waals surface area contributed by atoms with E-state index in [1.54, 1.807) is 25.1 Å². The first-order valence-electron chi connectivity index (χ1n) is 5.06. The zero-order valence-corrected chi connectivity index (χ0v) is 10.9. The Morgan fingerprint density at radius 1 is 1.44 bits per heavy atom. The first-order chi connectivity index (χ1) is 8.36. The van der Waals surface area contributed by atoms with Gasteiger partial charge in [-0.2, -0.15) is 5.10 Å². The summed E-state index contributed by atoms with van der Waals surface area (Å²) in [6.45, 7) is 1.76. The quantitative estimate of drug-likeness (QED) is 0.770. The molecule has 0 unspecified atom stereocenters. The fourth-order valence-corrected chi connectivity index (χ4v) is 2.44. The minimum absolute atomic E-state index is 0.108. The van der Waals surface area contributed by atoms with Crippen LogP contribution in [0.5, 0.6) is 0 Å². The van der Waals surface area contributed by atoms with Crippen LogP contribution in [-0.4, -0.2) is 31.4 Å². The summed E-state index contributed by atoms with van der Waals surface area (Å²) in [4.78, 5) is 4.54. The molecule has 0 atom stereocenters. The van der Waals surface area contributed by atoms with E-state index in [9.17, 15) is 13.6 Å². The van der Waals surface area contributed by atoms with Crippen LogP contribution in [0.4, 0.5) is 5.69 Å². The van der Waals surface area contributed by atoms with Crippen LogP contribution in [0.25, 0.3) is 5.52 Å². The summed E-state index contributed by atoms with van der Waals surface area (Å²) < 4.78 is 24.7. The number of hydrogen-bond donors (Lipinski definition) is 0. The van der Waals surface area contributed by atoms with Gasteiger partial charge in [0.05, 0.1) is 12.6 Å². The molecular weight excluding hydrogens is 258 g/mol. The molecular formula is C10H12N3O4S-. The second-order valence-corrected chi connectivity index (χ2v) is 5.76. The second-order valence-electron chi connectivity index (χ2n) is 3.83. The standard InChI is InChI=1S/C10H12N3O4S/c1-7-5-4-6-8-9(13(14)17-2)10(11-12(7)8)18(3,15)16/h4-6H,1-3H3/q-1. The monoisotopic (exact) mass is 270 g/mol. The van der Waals surface area contributed by atoms with Crippen molar-refractivity contribution >= 4 is 21.0 Å². The van der Waals surface area contributed by atoms with Crippen LogP contribution in [0.3, 0.4) is 0 Å². The minimum atomic E-state index is -3.62. The third-order valence-corrected chi connectivity index (χ3v) is 3.47. The van der Waals surface area contributed by atoms with Crippen molar-refractivity contribution in [3.8, 4) is 0 Å². The van der Waals surface area contributed by atoms with Gasteiger partial charge < -0.3 is 10.4 Å². The van der Waals surface area contributed by atoms with Crippen LogP contribution in [-0.2, 0) is 14.7 Å². The summed E-state index contributed by atoms with van der Waals surface area (Å²) >= 11 is 0. The third-order valence-electron chi connectivity index (χ3n) is 2.49. The molecule has 98 valence electrons. The molecule has 18 heavy (non-hydrogen) atoms. The van der Waals surface area contributed by atoms with Gasteiger partial charge in [0, 0.05) is 11.9 Å². The van der Waals surface area contributed by atoms with Crippen molar-refractivity contribution in [2.75, 3.05) is 18.6 Å². The molecule has 0 spiro atoms. The van der Waals surface area contributed by atoms with Crippen LogP contribution < -0.4 is 5.23 Å². The fraction of sp³-hybridized carbons (Fsp3) is 0.300. The van der Waals surface area contributed by atoms with Crippen LogP contribution in [0.1, 0.15) is 5.69 Å². The highest BCUT2D eigenvalue weighted by Crippen LogP contribution is 2.30. The van der Waals surface area contributed by atoms with E-state index >= 15 is 0 Å². The van der Waals surface area contributed by atoms with Crippen molar-refractivity contribution in [3.05, 3.63) is 29.1 Å². The summed E-state index contributed by atoms with van der Waals surface area (Å²) in [5.74, 6) is 0. The first kappa shape index (κ1) is 12.8. The molecule has 0 aliphatic heterocycles. The molecule has 7 nitrogen and oxygen atoms in total. The van der Waals surface area contributed by atoms with Crippen molar-refractivity contribution in [1.82, 2.24) is 9.61 Å². The highest BCUT2D eigenvalue weighted by atomic mass is 32.2. The highest BCUT2D eigenvalue weighted by molar-refractivity contribution is 7.90. The van der Waals surface area contributed by atoms with Crippen molar-refractivity contribution in [3.63, 3.8) is 0 Å². The predicted octanol–water partition coefficient (Wildman–Crippen LogP) is 0.912. The van der Waals surface area contributed by atoms with Crippen molar-refractivity contribution in [1.29, 1.82) is 0 Å². The molecule has 0 bridgehead atoms. The number of rotatable bonds is 3. The topological polar surface area (TPSA) is 87.0 Å². The van der Waals surface area contributed by atoms with E-state index in [0.717, 1.165) is 6.26 Å². The number of fused-ring (bicyclic) bond motifs is 1. The predicted molar refractivity (Wildman–Crippen MR) is 65.9 cm³/mol. The SMILES string of the molecule is CON([O-])c1c(S(C)(=O)=O)nn2c(C)cccc12. The van der Waals surface area contributed by atoms with Gasteiger partial charge in [0.25, 0.3) is 0 Å². The Labute approximate surface area is 104 Å². The van der Waals surface area contributed by atoms with Crippen molar-refractivity contribution in [2.45, 2.75) is 11.9 Å². The molecule has 2 rings (SSSR count). The summed E-state index contributed by atoms with van der Waals surface area (Å²) in [6.07, 6.45) is 0.997. The van der Waals surface area contributed by atoms with E-state index in [1.165, 1.54) is 11.6 Å². The van der Waals surface area contributed by atoms with E-state index in [0.29, 0.717) is 11.2 Å². The molecule has 0 aromatic carbocycles. The van der Waals surface area contributed by atoms with Gasteiger partial charge in [-0.1, -0.05) is 6.07 Å². The van der Waals surface area contributed by atoms with E-state index in [2.05, 4.69) is 9.94 Å². The average Bonchev–Trinajstić information content (AvgIpc) is 2.68. The van der Waals surface area contributed by atoms with Crippen molar-refractivity contribution < 1.29 is 13.3 Å². The lowest BCUT2D eigenvalue weighted by Crippen LogP contribution is -2.15. The normalized spacial score (nSPS) is 12.0. The van der Waals surface area contributed by atoms with Gasteiger partial charge >= 0.3 is 0 Å². The van der Waals surface area contributed by atoms with Gasteiger partial charge in [0.15, 0.2) is 9.84 Å². The van der Waals surface area contributed by atoms with E-state index in [4.69, 9.17) is 0 Å². The molecule has 0 aliphatic carbocycles. The van der Waals surface area contributed by atoms with Crippen LogP contribution >= 0.6 is 0 Å². The lowest BCUT2D eigenvalue weighted by molar-refractivity contribution is 0.197. The van der Waals surface area contributed by atoms with Crippen LogP contribution in [0.15, 0.2) is 23.2 Å². The zero-order chi connectivity index (χ0) is 13.5. The number of nitrogens with zero attached hydrogens (tertiary/aromatic N) is 3. The Bertz CT molecular complexity index is 692. The van der Waals surface area contributed by atoms with Crippen molar-refractivity contribution in [2.24, 2.45) is 0 Å². The van der Waals surface area contributed by atoms with Gasteiger partial charge in [0.1, 0.15) is 5.69 Å². The van der Waals surface area contributed by atoms with Crippen LogP contribution in [0, 0.1) is 12.1 Å². The minimum Gasteiger partial charge on any atom is -0.733 e. The Morgan fingerprint density at radius 3 is 2.67 bits per heavy atom. The van der Waals surface area contributed by atoms with E-state index < -0.39 is 9.84 Å². The van der Waals surface area contributed by atoms with Gasteiger partial charge in [-0.15, -0.1) is 0 Å². The second kappa shape index (κ2) is 4.23. The zero-order valence-electron chi connectivity index (χ0n) is 10.1. The summed E-state index contributed by atoms with van der Waals surface area (Å²) in [6, 6.07) is 5.08. The van der Waals surface area contributed by atoms with Gasteiger partial charge in [-0.25, -0.2) is 12.9 Å². The molecule has 0 saturated carbocycles. The molecule has 0 N–H and O–H groups in total. The molecule has 0 saturated heterocycles.